The van der Waals surface area contributed by atoms with E-state index < -0.39 is 0 Å². The first-order chi connectivity index (χ1) is 10.7. The van der Waals surface area contributed by atoms with Gasteiger partial charge < -0.3 is 0 Å². The molecule has 3 aromatic rings. The van der Waals surface area contributed by atoms with E-state index in [4.69, 9.17) is 0 Å². The van der Waals surface area contributed by atoms with Crippen molar-refractivity contribution in [3.05, 3.63) is 76.7 Å². The number of nitrogens with zero attached hydrogens (tertiary/aromatic N) is 3. The van der Waals surface area contributed by atoms with Crippen LogP contribution in [0.5, 0.6) is 0 Å². The lowest BCUT2D eigenvalue weighted by Crippen LogP contribution is -2.17. The SMILES string of the molecule is O=c1[nH]c(N=Nc2ccccc2)c(S)n1Cc1ccccc1. The molecule has 1 heterocycles. The molecule has 0 bridgehead atoms. The minimum absolute atomic E-state index is 0.254. The molecule has 0 radical (unpaired) electrons. The van der Waals surface area contributed by atoms with E-state index in [1.165, 1.54) is 4.57 Å². The molecule has 0 saturated carbocycles. The highest BCUT2D eigenvalue weighted by Crippen LogP contribution is 2.22. The quantitative estimate of drug-likeness (QED) is 0.556. The maximum absolute atomic E-state index is 12.0. The highest BCUT2D eigenvalue weighted by molar-refractivity contribution is 7.80. The van der Waals surface area contributed by atoms with Crippen LogP contribution in [0.3, 0.4) is 0 Å². The van der Waals surface area contributed by atoms with Gasteiger partial charge in [0.25, 0.3) is 0 Å². The normalized spacial score (nSPS) is 11.1. The highest BCUT2D eigenvalue weighted by atomic mass is 32.1. The predicted octanol–water partition coefficient (Wildman–Crippen LogP) is 3.93. The van der Waals surface area contributed by atoms with Gasteiger partial charge in [0.2, 0.25) is 0 Å². The Bertz CT molecular complexity index is 838. The minimum atomic E-state index is -0.254. The Kier molecular flexibility index (Phi) is 4.20. The fourth-order valence-corrected chi connectivity index (χ4v) is 2.30. The van der Waals surface area contributed by atoms with Crippen molar-refractivity contribution in [2.45, 2.75) is 11.6 Å². The number of nitrogens with one attached hydrogen (secondary N) is 1. The second-order valence-electron chi connectivity index (χ2n) is 4.71. The fourth-order valence-electron chi connectivity index (χ4n) is 2.03. The number of aromatic amines is 1. The van der Waals surface area contributed by atoms with Crippen molar-refractivity contribution in [1.82, 2.24) is 9.55 Å². The zero-order valence-corrected chi connectivity index (χ0v) is 12.6. The number of aromatic nitrogens is 2. The highest BCUT2D eigenvalue weighted by Gasteiger charge is 2.10. The van der Waals surface area contributed by atoms with Crippen LogP contribution < -0.4 is 5.69 Å². The molecule has 110 valence electrons. The Balaban J connectivity index is 1.87. The monoisotopic (exact) mass is 310 g/mol. The lowest BCUT2D eigenvalue weighted by molar-refractivity contribution is 0.702. The zero-order valence-electron chi connectivity index (χ0n) is 11.7. The van der Waals surface area contributed by atoms with Gasteiger partial charge in [0.15, 0.2) is 5.82 Å². The molecule has 22 heavy (non-hydrogen) atoms. The van der Waals surface area contributed by atoms with Gasteiger partial charge in [-0.1, -0.05) is 48.5 Å². The van der Waals surface area contributed by atoms with Crippen LogP contribution in [-0.2, 0) is 6.54 Å². The van der Waals surface area contributed by atoms with Gasteiger partial charge in [-0.2, -0.15) is 0 Å². The molecule has 0 fully saturated rings. The molecule has 0 amide bonds. The standard InChI is InChI=1S/C16H14N4OS/c21-16-17-14(19-18-13-9-5-2-6-10-13)15(22)20(16)11-12-7-3-1-4-8-12/h1-10,22H,11H2,(H,17,21). The van der Waals surface area contributed by atoms with Crippen molar-refractivity contribution in [3.63, 3.8) is 0 Å². The molecule has 0 spiro atoms. The van der Waals surface area contributed by atoms with Crippen LogP contribution in [0.25, 0.3) is 0 Å². The molecule has 5 nitrogen and oxygen atoms in total. The van der Waals surface area contributed by atoms with Crippen molar-refractivity contribution < 1.29 is 0 Å². The van der Waals surface area contributed by atoms with Gasteiger partial charge >= 0.3 is 5.69 Å². The molecule has 1 N–H and O–H groups in total. The van der Waals surface area contributed by atoms with Crippen molar-refractivity contribution in [2.75, 3.05) is 0 Å². The Morgan fingerprint density at radius 3 is 2.27 bits per heavy atom. The van der Waals surface area contributed by atoms with Gasteiger partial charge in [0.1, 0.15) is 5.03 Å². The summed E-state index contributed by atoms with van der Waals surface area (Å²) in [6.07, 6.45) is 0. The van der Waals surface area contributed by atoms with Gasteiger partial charge in [-0.3, -0.25) is 9.55 Å². The minimum Gasteiger partial charge on any atom is -0.288 e. The van der Waals surface area contributed by atoms with E-state index in [-0.39, 0.29) is 5.69 Å². The third-order valence-electron chi connectivity index (χ3n) is 3.14. The number of azo groups is 1. The van der Waals surface area contributed by atoms with Crippen molar-refractivity contribution in [3.8, 4) is 0 Å². The Hall–Kier alpha value is -2.60. The summed E-state index contributed by atoms with van der Waals surface area (Å²) in [7, 11) is 0. The number of H-pyrrole nitrogens is 1. The van der Waals surface area contributed by atoms with Crippen molar-refractivity contribution in [2.24, 2.45) is 10.2 Å². The summed E-state index contributed by atoms with van der Waals surface area (Å²) in [5.74, 6) is 0.355. The maximum atomic E-state index is 12.0. The van der Waals surface area contributed by atoms with E-state index >= 15 is 0 Å². The van der Waals surface area contributed by atoms with Crippen molar-refractivity contribution >= 4 is 24.1 Å². The van der Waals surface area contributed by atoms with E-state index in [1.54, 1.807) is 0 Å². The topological polar surface area (TPSA) is 62.5 Å². The summed E-state index contributed by atoms with van der Waals surface area (Å²) < 4.78 is 1.53. The van der Waals surface area contributed by atoms with E-state index in [1.807, 2.05) is 60.7 Å². The Morgan fingerprint density at radius 2 is 1.59 bits per heavy atom. The maximum Gasteiger partial charge on any atom is 0.328 e. The van der Waals surface area contributed by atoms with Crippen LogP contribution in [0, 0.1) is 0 Å². The van der Waals surface area contributed by atoms with Crippen LogP contribution in [0.1, 0.15) is 5.56 Å². The molecule has 0 unspecified atom stereocenters. The van der Waals surface area contributed by atoms with E-state index in [9.17, 15) is 4.79 Å². The van der Waals surface area contributed by atoms with Gasteiger partial charge in [-0.05, 0) is 17.7 Å². The number of hydrogen-bond donors (Lipinski definition) is 2. The van der Waals surface area contributed by atoms with Gasteiger partial charge in [0, 0.05) is 0 Å². The van der Waals surface area contributed by atoms with Gasteiger partial charge in [-0.15, -0.1) is 22.9 Å². The summed E-state index contributed by atoms with van der Waals surface area (Å²) in [5, 5.41) is 8.63. The first-order valence-corrected chi connectivity index (χ1v) is 7.21. The lowest BCUT2D eigenvalue weighted by Gasteiger charge is -2.03. The lowest BCUT2D eigenvalue weighted by atomic mass is 10.2. The van der Waals surface area contributed by atoms with Crippen molar-refractivity contribution in [1.29, 1.82) is 0 Å². The second kappa shape index (κ2) is 6.44. The van der Waals surface area contributed by atoms with Gasteiger partial charge in [0.05, 0.1) is 12.2 Å². The molecule has 3 rings (SSSR count). The molecule has 0 saturated heterocycles. The van der Waals surface area contributed by atoms with Crippen LogP contribution >= 0.6 is 12.6 Å². The molecule has 0 aliphatic rings. The van der Waals surface area contributed by atoms with Crippen LogP contribution in [0.2, 0.25) is 0 Å². The van der Waals surface area contributed by atoms with E-state index in [0.29, 0.717) is 23.1 Å². The fraction of sp³-hybridized carbons (Fsp3) is 0.0625. The smallest absolute Gasteiger partial charge is 0.288 e. The number of hydrogen-bond acceptors (Lipinski definition) is 4. The Labute approximate surface area is 132 Å². The predicted molar refractivity (Wildman–Crippen MR) is 88.5 cm³/mol. The van der Waals surface area contributed by atoms with Gasteiger partial charge in [-0.25, -0.2) is 4.79 Å². The molecular weight excluding hydrogens is 296 g/mol. The average Bonchev–Trinajstić information content (AvgIpc) is 2.82. The summed E-state index contributed by atoms with van der Waals surface area (Å²) in [4.78, 5) is 14.7. The zero-order chi connectivity index (χ0) is 15.4. The number of rotatable bonds is 4. The van der Waals surface area contributed by atoms with Crippen LogP contribution in [0.4, 0.5) is 11.5 Å². The molecule has 6 heteroatoms. The number of thiol groups is 1. The van der Waals surface area contributed by atoms with Crippen LogP contribution in [-0.4, -0.2) is 9.55 Å². The average molecular weight is 310 g/mol. The third-order valence-corrected chi connectivity index (χ3v) is 3.60. The molecule has 1 aromatic heterocycles. The molecular formula is C16H14N4OS. The molecule has 0 atom stereocenters. The molecule has 2 aromatic carbocycles. The summed E-state index contributed by atoms with van der Waals surface area (Å²) in [6.45, 7) is 0.440. The largest absolute Gasteiger partial charge is 0.328 e. The van der Waals surface area contributed by atoms with Crippen LogP contribution in [0.15, 0.2) is 80.7 Å². The van der Waals surface area contributed by atoms with E-state index in [0.717, 1.165) is 5.56 Å². The summed E-state index contributed by atoms with van der Waals surface area (Å²) in [6, 6.07) is 19.0. The number of imidazole rings is 1. The summed E-state index contributed by atoms with van der Waals surface area (Å²) >= 11 is 4.39. The second-order valence-corrected chi connectivity index (χ2v) is 5.13. The summed E-state index contributed by atoms with van der Waals surface area (Å²) in [5.41, 5.74) is 1.48. The molecule has 0 aliphatic carbocycles. The molecule has 0 aliphatic heterocycles. The first-order valence-electron chi connectivity index (χ1n) is 6.76. The first kappa shape index (κ1) is 14.3. The Morgan fingerprint density at radius 1 is 0.955 bits per heavy atom. The number of benzene rings is 2. The third kappa shape index (κ3) is 3.17. The van der Waals surface area contributed by atoms with E-state index in [2.05, 4.69) is 27.8 Å².